The molecule has 168 valence electrons. The van der Waals surface area contributed by atoms with Crippen molar-refractivity contribution < 1.29 is 17.9 Å². The van der Waals surface area contributed by atoms with Gasteiger partial charge in [0.05, 0.1) is 29.4 Å². The summed E-state index contributed by atoms with van der Waals surface area (Å²) >= 11 is 0. The van der Waals surface area contributed by atoms with Gasteiger partial charge in [-0.15, -0.1) is 0 Å². The van der Waals surface area contributed by atoms with E-state index < -0.39 is 10.0 Å². The van der Waals surface area contributed by atoms with Gasteiger partial charge in [0.15, 0.2) is 0 Å². The molecule has 8 nitrogen and oxygen atoms in total. The Labute approximate surface area is 187 Å². The first-order valence-corrected chi connectivity index (χ1v) is 12.0. The number of aromatic nitrogens is 2. The maximum absolute atomic E-state index is 12.6. The van der Waals surface area contributed by atoms with Crippen LogP contribution in [0.5, 0.6) is 0 Å². The number of carbonyl (C=O) groups is 1. The molecular weight excluding hydrogens is 428 g/mol. The van der Waals surface area contributed by atoms with E-state index in [1.807, 2.05) is 35.0 Å². The summed E-state index contributed by atoms with van der Waals surface area (Å²) in [5.74, 6) is -0.276. The van der Waals surface area contributed by atoms with Gasteiger partial charge in [-0.2, -0.15) is 5.10 Å². The molecular formula is C23H26N4O4S. The molecule has 0 unspecified atom stereocenters. The summed E-state index contributed by atoms with van der Waals surface area (Å²) in [7, 11) is -2.13. The highest BCUT2D eigenvalue weighted by Crippen LogP contribution is 2.27. The minimum Gasteiger partial charge on any atom is -0.383 e. The molecule has 0 spiro atoms. The normalized spacial score (nSPS) is 13.2. The summed E-state index contributed by atoms with van der Waals surface area (Å²) in [6, 6.07) is 15.8. The van der Waals surface area contributed by atoms with Gasteiger partial charge in [-0.25, -0.2) is 17.8 Å². The number of carbonyl (C=O) groups excluding carboxylic acids is 1. The van der Waals surface area contributed by atoms with Crippen molar-refractivity contribution in [2.45, 2.75) is 30.7 Å². The highest BCUT2D eigenvalue weighted by atomic mass is 32.2. The van der Waals surface area contributed by atoms with E-state index in [4.69, 9.17) is 9.84 Å². The number of amides is 1. The van der Waals surface area contributed by atoms with Crippen LogP contribution in [0, 0.1) is 0 Å². The average molecular weight is 455 g/mol. The number of hydrogen-bond donors (Lipinski definition) is 2. The third-order valence-corrected chi connectivity index (χ3v) is 6.93. The molecule has 3 aromatic rings. The molecule has 2 aromatic carbocycles. The van der Waals surface area contributed by atoms with E-state index in [1.165, 1.54) is 42.6 Å². The molecule has 32 heavy (non-hydrogen) atoms. The number of fused-ring (bicyclic) bond motifs is 1. The average Bonchev–Trinajstić information content (AvgIpc) is 3.41. The van der Waals surface area contributed by atoms with Crippen molar-refractivity contribution in [1.82, 2.24) is 19.8 Å². The fourth-order valence-corrected chi connectivity index (χ4v) is 4.86. The molecule has 9 heteroatoms. The molecule has 2 N–H and O–H groups in total. The highest BCUT2D eigenvalue weighted by molar-refractivity contribution is 7.89. The Hall–Kier alpha value is -3.01. The summed E-state index contributed by atoms with van der Waals surface area (Å²) in [5, 5.41) is 7.67. The zero-order valence-electron chi connectivity index (χ0n) is 17.9. The molecule has 0 saturated heterocycles. The molecule has 4 rings (SSSR count). The van der Waals surface area contributed by atoms with E-state index >= 15 is 0 Å². The Morgan fingerprint density at radius 3 is 2.56 bits per heavy atom. The number of ether oxygens (including phenoxy) is 1. The molecule has 1 aromatic heterocycles. The number of nitrogens with one attached hydrogen (secondary N) is 2. The molecule has 0 radical (unpaired) electrons. The van der Waals surface area contributed by atoms with Crippen LogP contribution in [-0.4, -0.2) is 44.4 Å². The third-order valence-electron chi connectivity index (χ3n) is 5.46. The maximum atomic E-state index is 12.6. The van der Waals surface area contributed by atoms with Gasteiger partial charge in [0.25, 0.3) is 5.91 Å². The van der Waals surface area contributed by atoms with Gasteiger partial charge in [0.2, 0.25) is 10.0 Å². The summed E-state index contributed by atoms with van der Waals surface area (Å²) in [6.45, 7) is 0.782. The predicted molar refractivity (Wildman–Crippen MR) is 120 cm³/mol. The lowest BCUT2D eigenvalue weighted by Gasteiger charge is -2.08. The topological polar surface area (TPSA) is 102 Å². The minimum absolute atomic E-state index is 0.101. The van der Waals surface area contributed by atoms with Crippen molar-refractivity contribution >= 4 is 15.9 Å². The van der Waals surface area contributed by atoms with Crippen LogP contribution in [0.15, 0.2) is 59.5 Å². The first kappa shape index (κ1) is 22.2. The number of sulfonamides is 1. The van der Waals surface area contributed by atoms with E-state index in [0.29, 0.717) is 12.1 Å². The fourth-order valence-electron chi connectivity index (χ4n) is 3.85. The van der Waals surface area contributed by atoms with Crippen molar-refractivity contribution in [2.24, 2.45) is 0 Å². The first-order valence-electron chi connectivity index (χ1n) is 10.5. The summed E-state index contributed by atoms with van der Waals surface area (Å²) in [6.07, 6.45) is 3.00. The van der Waals surface area contributed by atoms with Gasteiger partial charge in [-0.05, 0) is 61.2 Å². The second kappa shape index (κ2) is 9.64. The Bertz CT molecular complexity index is 1190. The highest BCUT2D eigenvalue weighted by Gasteiger charge is 2.23. The number of rotatable bonds is 9. The van der Waals surface area contributed by atoms with Gasteiger partial charge in [-0.3, -0.25) is 4.79 Å². The second-order valence-electron chi connectivity index (χ2n) is 7.57. The van der Waals surface area contributed by atoms with E-state index in [0.717, 1.165) is 30.6 Å². The number of benzene rings is 2. The molecule has 0 bridgehead atoms. The molecule has 1 amide bonds. The smallest absolute Gasteiger partial charge is 0.251 e. The molecule has 1 aliphatic carbocycles. The quantitative estimate of drug-likeness (QED) is 0.483. The van der Waals surface area contributed by atoms with E-state index in [1.54, 1.807) is 0 Å². The lowest BCUT2D eigenvalue weighted by Crippen LogP contribution is -2.27. The van der Waals surface area contributed by atoms with Crippen LogP contribution in [0.1, 0.15) is 33.7 Å². The molecule has 1 heterocycles. The van der Waals surface area contributed by atoms with Crippen LogP contribution in [0.25, 0.3) is 5.69 Å². The zero-order chi connectivity index (χ0) is 22.6. The molecule has 0 atom stereocenters. The van der Waals surface area contributed by atoms with Crippen molar-refractivity contribution in [3.05, 3.63) is 77.1 Å². The second-order valence-corrected chi connectivity index (χ2v) is 9.34. The van der Waals surface area contributed by atoms with E-state index in [-0.39, 0.29) is 24.0 Å². The van der Waals surface area contributed by atoms with Crippen LogP contribution in [0.4, 0.5) is 0 Å². The zero-order valence-corrected chi connectivity index (χ0v) is 18.7. The molecule has 0 aliphatic heterocycles. The number of hydrogen-bond acceptors (Lipinski definition) is 5. The van der Waals surface area contributed by atoms with Crippen molar-refractivity contribution in [1.29, 1.82) is 0 Å². The standard InChI is InChI=1S/C23H26N4O4S/c1-31-15-14-25-32(29,30)19-12-10-17(11-13-19)23(28)24-16-21-20-8-5-9-22(20)27(26-21)18-6-3-2-4-7-18/h2-4,6-7,10-13,25H,5,8-9,14-16H2,1H3,(H,24,28). The monoisotopic (exact) mass is 454 g/mol. The third kappa shape index (κ3) is 4.74. The van der Waals surface area contributed by atoms with Gasteiger partial charge >= 0.3 is 0 Å². The Kier molecular flexibility index (Phi) is 6.69. The Balaban J connectivity index is 1.43. The first-order chi connectivity index (χ1) is 15.5. The summed E-state index contributed by atoms with van der Waals surface area (Å²) in [4.78, 5) is 12.7. The fraction of sp³-hybridized carbons (Fsp3) is 0.304. The number of nitrogens with zero attached hydrogens (tertiary/aromatic N) is 2. The van der Waals surface area contributed by atoms with E-state index in [2.05, 4.69) is 10.0 Å². The Morgan fingerprint density at radius 2 is 1.84 bits per heavy atom. The van der Waals surface area contributed by atoms with Crippen LogP contribution in [0.3, 0.4) is 0 Å². The van der Waals surface area contributed by atoms with Crippen LogP contribution < -0.4 is 10.0 Å². The minimum atomic E-state index is -3.64. The van der Waals surface area contributed by atoms with Crippen molar-refractivity contribution in [2.75, 3.05) is 20.3 Å². The molecule has 1 aliphatic rings. The lowest BCUT2D eigenvalue weighted by atomic mass is 10.2. The van der Waals surface area contributed by atoms with Gasteiger partial charge in [0.1, 0.15) is 0 Å². The molecule has 0 fully saturated rings. The van der Waals surface area contributed by atoms with Gasteiger partial charge in [0, 0.05) is 24.9 Å². The van der Waals surface area contributed by atoms with Crippen LogP contribution >= 0.6 is 0 Å². The number of methoxy groups -OCH3 is 1. The molecule has 0 saturated carbocycles. The predicted octanol–water partition coefficient (Wildman–Crippen LogP) is 2.22. The Morgan fingerprint density at radius 1 is 1.09 bits per heavy atom. The van der Waals surface area contributed by atoms with Crippen molar-refractivity contribution in [3.63, 3.8) is 0 Å². The number of para-hydroxylation sites is 1. The van der Waals surface area contributed by atoms with Gasteiger partial charge < -0.3 is 10.1 Å². The SMILES string of the molecule is COCCNS(=O)(=O)c1ccc(C(=O)NCc2nn(-c3ccccc3)c3c2CCC3)cc1. The van der Waals surface area contributed by atoms with Crippen LogP contribution in [0.2, 0.25) is 0 Å². The lowest BCUT2D eigenvalue weighted by molar-refractivity contribution is 0.0950. The summed E-state index contributed by atoms with van der Waals surface area (Å²) in [5.41, 5.74) is 4.68. The maximum Gasteiger partial charge on any atom is 0.251 e. The van der Waals surface area contributed by atoms with Gasteiger partial charge in [-0.1, -0.05) is 18.2 Å². The largest absolute Gasteiger partial charge is 0.383 e. The summed E-state index contributed by atoms with van der Waals surface area (Å²) < 4.78 is 33.8. The van der Waals surface area contributed by atoms with Crippen LogP contribution in [-0.2, 0) is 34.1 Å². The van der Waals surface area contributed by atoms with E-state index in [9.17, 15) is 13.2 Å². The van der Waals surface area contributed by atoms with Crippen molar-refractivity contribution in [3.8, 4) is 5.69 Å².